The van der Waals surface area contributed by atoms with Crippen molar-refractivity contribution < 1.29 is 44.1 Å². The number of amides is 5. The molecule has 54 heavy (non-hydrogen) atoms. The van der Waals surface area contributed by atoms with Gasteiger partial charge in [0.25, 0.3) is 0 Å². The SMILES string of the molecule is CCCC[C@H](NC(=O)[C@H](Cc1ccccc1)NC(=O)[C@@](C)(N)CC)C(=O)N[C@@H](CC(C)C)[C@@H](O)CC(=O)N[C@@H](C)C(=O)N[C@@H](CC(C)C)[C@@H](O)CC(=O)O. The molecule has 0 unspecified atom stereocenters. The van der Waals surface area contributed by atoms with Gasteiger partial charge in [0.2, 0.25) is 29.5 Å². The van der Waals surface area contributed by atoms with Gasteiger partial charge in [0.1, 0.15) is 18.1 Å². The Morgan fingerprint density at radius 3 is 1.74 bits per heavy atom. The molecule has 0 bridgehead atoms. The molecule has 0 spiro atoms. The molecule has 1 rings (SSSR count). The first kappa shape index (κ1) is 47.9. The molecule has 15 heteroatoms. The van der Waals surface area contributed by atoms with Crippen LogP contribution in [0.1, 0.15) is 112 Å². The number of nitrogens with two attached hydrogens (primary N) is 1. The standard InChI is InChI=1S/C39H66N6O9/c1-9-11-17-27(42-37(53)30(20-26-15-13-12-14-16-26)45-38(54)39(8,40)10-2)36(52)44-28(18-23(3)4)31(46)21-33(48)41-25(7)35(51)43-29(19-24(5)6)32(47)22-34(49)50/h12-16,23-25,27-32,46-47H,9-11,17-22,40H2,1-8H3,(H,41,48)(H,42,53)(H,43,51)(H,44,52)(H,45,54)(H,49,50)/t25-,27-,28-,29-,30-,31-,32-,39-/m0/s1. The van der Waals surface area contributed by atoms with E-state index >= 15 is 0 Å². The monoisotopic (exact) mass is 762 g/mol. The molecule has 1 aromatic carbocycles. The highest BCUT2D eigenvalue weighted by Crippen LogP contribution is 2.15. The van der Waals surface area contributed by atoms with E-state index in [1.165, 1.54) is 6.92 Å². The van der Waals surface area contributed by atoms with Crippen molar-refractivity contribution in [3.63, 3.8) is 0 Å². The summed E-state index contributed by atoms with van der Waals surface area (Å²) in [7, 11) is 0. The van der Waals surface area contributed by atoms with Gasteiger partial charge in [-0.15, -0.1) is 0 Å². The fourth-order valence-corrected chi connectivity index (χ4v) is 5.74. The fraction of sp³-hybridized carbons (Fsp3) is 0.692. The Labute approximate surface area is 320 Å². The lowest BCUT2D eigenvalue weighted by molar-refractivity contribution is -0.140. The number of rotatable bonds is 25. The summed E-state index contributed by atoms with van der Waals surface area (Å²) in [5.74, 6) is -4.15. The van der Waals surface area contributed by atoms with Crippen LogP contribution in [-0.4, -0.2) is 98.8 Å². The Morgan fingerprint density at radius 1 is 0.722 bits per heavy atom. The van der Waals surface area contributed by atoms with Gasteiger partial charge in [-0.25, -0.2) is 0 Å². The van der Waals surface area contributed by atoms with Crippen molar-refractivity contribution >= 4 is 35.5 Å². The number of unbranched alkanes of at least 4 members (excludes halogenated alkanes) is 1. The predicted molar refractivity (Wildman–Crippen MR) is 206 cm³/mol. The molecule has 1 aromatic rings. The molecule has 15 nitrogen and oxygen atoms in total. The maximum absolute atomic E-state index is 13.8. The third-order valence-corrected chi connectivity index (χ3v) is 9.22. The van der Waals surface area contributed by atoms with Crippen LogP contribution < -0.4 is 32.3 Å². The van der Waals surface area contributed by atoms with E-state index in [1.54, 1.807) is 13.8 Å². The number of carbonyl (C=O) groups excluding carboxylic acids is 5. The van der Waals surface area contributed by atoms with Crippen LogP contribution in [0.3, 0.4) is 0 Å². The van der Waals surface area contributed by atoms with Crippen LogP contribution in [-0.2, 0) is 35.2 Å². The van der Waals surface area contributed by atoms with Crippen LogP contribution in [0.4, 0.5) is 0 Å². The van der Waals surface area contributed by atoms with Gasteiger partial charge in [-0.3, -0.25) is 28.8 Å². The molecule has 8 atom stereocenters. The lowest BCUT2D eigenvalue weighted by atomic mass is 9.95. The van der Waals surface area contributed by atoms with E-state index < -0.39 is 96.3 Å². The third-order valence-electron chi connectivity index (χ3n) is 9.22. The van der Waals surface area contributed by atoms with E-state index in [0.717, 1.165) is 12.0 Å². The van der Waals surface area contributed by atoms with Crippen LogP contribution in [0.2, 0.25) is 0 Å². The summed E-state index contributed by atoms with van der Waals surface area (Å²) in [6, 6.07) is 4.24. The van der Waals surface area contributed by atoms with Gasteiger partial charge in [0, 0.05) is 6.42 Å². The van der Waals surface area contributed by atoms with Gasteiger partial charge in [0.15, 0.2) is 0 Å². The van der Waals surface area contributed by atoms with Gasteiger partial charge in [-0.1, -0.05) is 84.7 Å². The van der Waals surface area contributed by atoms with Gasteiger partial charge in [0.05, 0.1) is 42.7 Å². The van der Waals surface area contributed by atoms with E-state index in [4.69, 9.17) is 10.8 Å². The second-order valence-electron chi connectivity index (χ2n) is 15.4. The van der Waals surface area contributed by atoms with Crippen molar-refractivity contribution in [3.05, 3.63) is 35.9 Å². The van der Waals surface area contributed by atoms with Gasteiger partial charge < -0.3 is 47.6 Å². The van der Waals surface area contributed by atoms with E-state index in [-0.39, 0.29) is 24.7 Å². The van der Waals surface area contributed by atoms with Crippen LogP contribution >= 0.6 is 0 Å². The predicted octanol–water partition coefficient (Wildman–Crippen LogP) is 1.67. The van der Waals surface area contributed by atoms with Crippen LogP contribution in [0.25, 0.3) is 0 Å². The highest BCUT2D eigenvalue weighted by molar-refractivity contribution is 5.94. The molecular formula is C39H66N6O9. The molecule has 10 N–H and O–H groups in total. The number of hydrogen-bond donors (Lipinski definition) is 9. The summed E-state index contributed by atoms with van der Waals surface area (Å²) in [5, 5.41) is 44.2. The van der Waals surface area contributed by atoms with Crippen molar-refractivity contribution in [1.82, 2.24) is 26.6 Å². The normalized spacial score (nSPS) is 16.5. The van der Waals surface area contributed by atoms with Gasteiger partial charge in [-0.2, -0.15) is 0 Å². The maximum atomic E-state index is 13.8. The quantitative estimate of drug-likeness (QED) is 0.0697. The van der Waals surface area contributed by atoms with Crippen LogP contribution in [0, 0.1) is 11.8 Å². The van der Waals surface area contributed by atoms with Crippen molar-refractivity contribution in [1.29, 1.82) is 0 Å². The highest BCUT2D eigenvalue weighted by atomic mass is 16.4. The first-order valence-electron chi connectivity index (χ1n) is 19.1. The fourth-order valence-electron chi connectivity index (χ4n) is 5.74. The summed E-state index contributed by atoms with van der Waals surface area (Å²) in [4.78, 5) is 77.7. The zero-order chi connectivity index (χ0) is 41.2. The minimum Gasteiger partial charge on any atom is -0.481 e. The molecule has 5 amide bonds. The molecule has 0 aliphatic rings. The molecule has 0 saturated carbocycles. The molecule has 0 saturated heterocycles. The summed E-state index contributed by atoms with van der Waals surface area (Å²) < 4.78 is 0. The molecule has 0 aliphatic carbocycles. The summed E-state index contributed by atoms with van der Waals surface area (Å²) in [6.07, 6.45) is -1.02. The summed E-state index contributed by atoms with van der Waals surface area (Å²) in [6.45, 7) is 14.2. The number of benzene rings is 1. The Kier molecular flexibility index (Phi) is 21.0. The number of nitrogens with one attached hydrogen (secondary N) is 5. The molecule has 0 aromatic heterocycles. The molecule has 0 fully saturated rings. The Balaban J connectivity index is 3.11. The lowest BCUT2D eigenvalue weighted by Gasteiger charge is -2.30. The summed E-state index contributed by atoms with van der Waals surface area (Å²) in [5.41, 5.74) is 5.74. The average molecular weight is 763 g/mol. The minimum absolute atomic E-state index is 0.00822. The zero-order valence-electron chi connectivity index (χ0n) is 33.3. The second kappa shape index (κ2) is 23.6. The van der Waals surface area contributed by atoms with E-state index in [9.17, 15) is 39.0 Å². The number of hydrogen-bond acceptors (Lipinski definition) is 9. The number of aliphatic carboxylic acids is 1. The maximum Gasteiger partial charge on any atom is 0.306 e. The number of aliphatic hydroxyl groups excluding tert-OH is 2. The van der Waals surface area contributed by atoms with Crippen LogP contribution in [0.15, 0.2) is 30.3 Å². The Bertz CT molecular complexity index is 1360. The number of carbonyl (C=O) groups is 6. The topological polar surface area (TPSA) is 249 Å². The number of carboxylic acid groups (broad SMARTS) is 1. The minimum atomic E-state index is -1.36. The Morgan fingerprint density at radius 2 is 1.24 bits per heavy atom. The Hall–Kier alpha value is -4.08. The van der Waals surface area contributed by atoms with E-state index in [1.807, 2.05) is 65.0 Å². The van der Waals surface area contributed by atoms with Crippen LogP contribution in [0.5, 0.6) is 0 Å². The second-order valence-corrected chi connectivity index (χ2v) is 15.4. The zero-order valence-corrected chi connectivity index (χ0v) is 33.3. The van der Waals surface area contributed by atoms with Crippen molar-refractivity contribution in [3.8, 4) is 0 Å². The van der Waals surface area contributed by atoms with Gasteiger partial charge >= 0.3 is 5.97 Å². The molecular weight excluding hydrogens is 696 g/mol. The van der Waals surface area contributed by atoms with Crippen molar-refractivity contribution in [2.75, 3.05) is 0 Å². The molecule has 306 valence electrons. The summed E-state index contributed by atoms with van der Waals surface area (Å²) >= 11 is 0. The van der Waals surface area contributed by atoms with Gasteiger partial charge in [-0.05, 0) is 56.9 Å². The van der Waals surface area contributed by atoms with E-state index in [0.29, 0.717) is 25.7 Å². The smallest absolute Gasteiger partial charge is 0.306 e. The number of carboxylic acids is 1. The first-order valence-corrected chi connectivity index (χ1v) is 19.1. The lowest BCUT2D eigenvalue weighted by Crippen LogP contribution is -2.60. The third kappa shape index (κ3) is 17.8. The highest BCUT2D eigenvalue weighted by Gasteiger charge is 2.34. The largest absolute Gasteiger partial charge is 0.481 e. The average Bonchev–Trinajstić information content (AvgIpc) is 3.08. The number of aliphatic hydroxyl groups is 2. The molecule has 0 heterocycles. The first-order chi connectivity index (χ1) is 25.2. The molecule has 0 aliphatic heterocycles. The molecule has 0 radical (unpaired) electrons. The van der Waals surface area contributed by atoms with E-state index in [2.05, 4.69) is 26.6 Å². The van der Waals surface area contributed by atoms with Crippen molar-refractivity contribution in [2.45, 2.75) is 161 Å². The van der Waals surface area contributed by atoms with Crippen molar-refractivity contribution in [2.24, 2.45) is 17.6 Å².